The standard InChI is InChI=1S/C23H34N2O3S/c1-23(2,3)22(27)25-11-5-7-18(15-25)21(26)24-19-8-4-6-17(14-19)16-29-20-9-12-28-13-10-20/h4,6,8,14,18,20H,5,7,9-13,15-16H2,1-3H3,(H,24,26). The van der Waals surface area contributed by atoms with Gasteiger partial charge in [-0.15, -0.1) is 0 Å². The molecular formula is C23H34N2O3S. The zero-order chi connectivity index (χ0) is 20.9. The van der Waals surface area contributed by atoms with Crippen LogP contribution in [0.15, 0.2) is 24.3 Å². The molecule has 2 fully saturated rings. The smallest absolute Gasteiger partial charge is 0.229 e. The van der Waals surface area contributed by atoms with Crippen molar-refractivity contribution in [2.24, 2.45) is 11.3 Å². The Morgan fingerprint density at radius 2 is 1.97 bits per heavy atom. The second kappa shape index (κ2) is 9.98. The molecule has 0 aromatic heterocycles. The van der Waals surface area contributed by atoms with Crippen LogP contribution in [0.1, 0.15) is 52.0 Å². The van der Waals surface area contributed by atoms with Crippen molar-refractivity contribution in [3.63, 3.8) is 0 Å². The van der Waals surface area contributed by atoms with Gasteiger partial charge in [-0.25, -0.2) is 0 Å². The van der Waals surface area contributed by atoms with Crippen molar-refractivity contribution < 1.29 is 14.3 Å². The number of hydrogen-bond donors (Lipinski definition) is 1. The van der Waals surface area contributed by atoms with E-state index in [0.29, 0.717) is 11.8 Å². The van der Waals surface area contributed by atoms with Gasteiger partial charge in [-0.1, -0.05) is 32.9 Å². The summed E-state index contributed by atoms with van der Waals surface area (Å²) >= 11 is 1.98. The van der Waals surface area contributed by atoms with Crippen LogP contribution in [0, 0.1) is 11.3 Å². The third kappa shape index (κ3) is 6.48. The number of hydrogen-bond acceptors (Lipinski definition) is 4. The normalized spacial score (nSPS) is 21.1. The van der Waals surface area contributed by atoms with Crippen LogP contribution in [0.2, 0.25) is 0 Å². The molecule has 5 nitrogen and oxygen atoms in total. The highest BCUT2D eigenvalue weighted by Gasteiger charge is 2.33. The quantitative estimate of drug-likeness (QED) is 0.774. The molecule has 2 heterocycles. The first-order valence-electron chi connectivity index (χ1n) is 10.7. The number of anilines is 1. The largest absolute Gasteiger partial charge is 0.381 e. The lowest BCUT2D eigenvalue weighted by atomic mass is 9.91. The number of carbonyl (C=O) groups excluding carboxylic acids is 2. The third-order valence-corrected chi connectivity index (χ3v) is 7.01. The average molecular weight is 419 g/mol. The molecule has 1 atom stereocenters. The molecule has 3 rings (SSSR count). The highest BCUT2D eigenvalue weighted by atomic mass is 32.2. The van der Waals surface area contributed by atoms with Gasteiger partial charge in [-0.2, -0.15) is 11.8 Å². The Hall–Kier alpha value is -1.53. The minimum Gasteiger partial charge on any atom is -0.381 e. The molecular weight excluding hydrogens is 384 g/mol. The van der Waals surface area contributed by atoms with Crippen molar-refractivity contribution in [1.29, 1.82) is 0 Å². The lowest BCUT2D eigenvalue weighted by Crippen LogP contribution is -2.47. The fourth-order valence-corrected chi connectivity index (χ4v) is 5.02. The van der Waals surface area contributed by atoms with Gasteiger partial charge in [0, 0.05) is 48.4 Å². The van der Waals surface area contributed by atoms with Gasteiger partial charge in [0.05, 0.1) is 5.92 Å². The van der Waals surface area contributed by atoms with Crippen LogP contribution >= 0.6 is 11.8 Å². The second-order valence-corrected chi connectivity index (χ2v) is 10.4. The van der Waals surface area contributed by atoms with Crippen molar-refractivity contribution in [3.05, 3.63) is 29.8 Å². The summed E-state index contributed by atoms with van der Waals surface area (Å²) in [6.07, 6.45) is 3.94. The van der Waals surface area contributed by atoms with Crippen LogP contribution in [0.25, 0.3) is 0 Å². The first kappa shape index (κ1) is 22.2. The molecule has 29 heavy (non-hydrogen) atoms. The summed E-state index contributed by atoms with van der Waals surface area (Å²) in [5.74, 6) is 0.953. The van der Waals surface area contributed by atoms with E-state index >= 15 is 0 Å². The predicted octanol–water partition coefficient (Wildman–Crippen LogP) is 4.32. The molecule has 1 N–H and O–H groups in total. The molecule has 0 spiro atoms. The fourth-order valence-electron chi connectivity index (χ4n) is 3.89. The number of benzene rings is 1. The van der Waals surface area contributed by atoms with Gasteiger partial charge in [0.25, 0.3) is 0 Å². The van der Waals surface area contributed by atoms with E-state index in [2.05, 4.69) is 17.4 Å². The second-order valence-electron chi connectivity index (χ2n) is 9.15. The monoisotopic (exact) mass is 418 g/mol. The maximum Gasteiger partial charge on any atom is 0.229 e. The number of piperidine rings is 1. The fraction of sp³-hybridized carbons (Fsp3) is 0.652. The molecule has 0 aliphatic carbocycles. The number of ether oxygens (including phenoxy) is 1. The average Bonchev–Trinajstić information content (AvgIpc) is 2.72. The zero-order valence-corrected chi connectivity index (χ0v) is 18.7. The van der Waals surface area contributed by atoms with Crippen LogP contribution in [-0.2, 0) is 20.1 Å². The van der Waals surface area contributed by atoms with E-state index in [1.165, 1.54) is 5.56 Å². The van der Waals surface area contributed by atoms with Crippen molar-refractivity contribution in [2.75, 3.05) is 31.6 Å². The SMILES string of the molecule is CC(C)(C)C(=O)N1CCCC(C(=O)Nc2cccc(CSC3CCOCC3)c2)C1. The van der Waals surface area contributed by atoms with E-state index in [-0.39, 0.29) is 17.7 Å². The molecule has 1 aromatic carbocycles. The molecule has 0 radical (unpaired) electrons. The van der Waals surface area contributed by atoms with E-state index in [0.717, 1.165) is 56.9 Å². The number of nitrogens with one attached hydrogen (secondary N) is 1. The summed E-state index contributed by atoms with van der Waals surface area (Å²) in [7, 11) is 0. The molecule has 2 aliphatic heterocycles. The van der Waals surface area contributed by atoms with Gasteiger partial charge in [0.2, 0.25) is 11.8 Å². The van der Waals surface area contributed by atoms with Crippen molar-refractivity contribution in [1.82, 2.24) is 4.90 Å². The number of amides is 2. The Balaban J connectivity index is 1.53. The minimum absolute atomic E-state index is 0.0191. The summed E-state index contributed by atoms with van der Waals surface area (Å²) in [5, 5.41) is 3.74. The summed E-state index contributed by atoms with van der Waals surface area (Å²) in [4.78, 5) is 27.3. The van der Waals surface area contributed by atoms with Crippen molar-refractivity contribution >= 4 is 29.3 Å². The molecule has 160 valence electrons. The Morgan fingerprint density at radius 1 is 1.21 bits per heavy atom. The predicted molar refractivity (Wildman–Crippen MR) is 119 cm³/mol. The maximum atomic E-state index is 12.8. The van der Waals surface area contributed by atoms with Gasteiger partial charge in [0.15, 0.2) is 0 Å². The number of nitrogens with zero attached hydrogens (tertiary/aromatic N) is 1. The lowest BCUT2D eigenvalue weighted by Gasteiger charge is -2.35. The van der Waals surface area contributed by atoms with Crippen LogP contribution in [0.5, 0.6) is 0 Å². The molecule has 1 aromatic rings. The molecule has 2 saturated heterocycles. The van der Waals surface area contributed by atoms with Crippen LogP contribution < -0.4 is 5.32 Å². The summed E-state index contributed by atoms with van der Waals surface area (Å²) < 4.78 is 5.43. The molecule has 2 amide bonds. The minimum atomic E-state index is -0.408. The first-order valence-corrected chi connectivity index (χ1v) is 11.8. The van der Waals surface area contributed by atoms with Crippen molar-refractivity contribution in [2.45, 2.75) is 57.5 Å². The molecule has 2 aliphatic rings. The van der Waals surface area contributed by atoms with Gasteiger partial charge in [-0.3, -0.25) is 9.59 Å². The van der Waals surface area contributed by atoms with E-state index in [9.17, 15) is 9.59 Å². The third-order valence-electron chi connectivity index (χ3n) is 5.57. The van der Waals surface area contributed by atoms with Crippen molar-refractivity contribution in [3.8, 4) is 0 Å². The topological polar surface area (TPSA) is 58.6 Å². The Labute approximate surface area is 178 Å². The van der Waals surface area contributed by atoms with Crippen LogP contribution in [-0.4, -0.2) is 48.3 Å². The van der Waals surface area contributed by atoms with Gasteiger partial charge >= 0.3 is 0 Å². The van der Waals surface area contributed by atoms with E-state index in [1.54, 1.807) is 0 Å². The maximum absolute atomic E-state index is 12.8. The molecule has 6 heteroatoms. The van der Waals surface area contributed by atoms with Gasteiger partial charge in [-0.05, 0) is 43.4 Å². The highest BCUT2D eigenvalue weighted by molar-refractivity contribution is 7.99. The summed E-state index contributed by atoms with van der Waals surface area (Å²) in [5.41, 5.74) is 1.67. The zero-order valence-electron chi connectivity index (χ0n) is 17.9. The van der Waals surface area contributed by atoms with Crippen LogP contribution in [0.4, 0.5) is 5.69 Å². The number of likely N-dealkylation sites (tertiary alicyclic amines) is 1. The van der Waals surface area contributed by atoms with E-state index in [4.69, 9.17) is 4.74 Å². The Bertz CT molecular complexity index is 710. The highest BCUT2D eigenvalue weighted by Crippen LogP contribution is 2.27. The molecule has 0 saturated carbocycles. The molecule has 0 bridgehead atoms. The number of thioether (sulfide) groups is 1. The van der Waals surface area contributed by atoms with Crippen LogP contribution in [0.3, 0.4) is 0 Å². The van der Waals surface area contributed by atoms with Gasteiger partial charge in [0.1, 0.15) is 0 Å². The van der Waals surface area contributed by atoms with E-state index in [1.807, 2.05) is 49.6 Å². The first-order chi connectivity index (χ1) is 13.8. The molecule has 1 unspecified atom stereocenters. The Kier molecular flexibility index (Phi) is 7.63. The van der Waals surface area contributed by atoms with Gasteiger partial charge < -0.3 is 15.0 Å². The van der Waals surface area contributed by atoms with E-state index < -0.39 is 5.41 Å². The number of rotatable bonds is 5. The Morgan fingerprint density at radius 3 is 2.69 bits per heavy atom. The number of carbonyl (C=O) groups is 2. The summed E-state index contributed by atoms with van der Waals surface area (Å²) in [6.45, 7) is 8.79. The lowest BCUT2D eigenvalue weighted by molar-refractivity contribution is -0.142. The summed E-state index contributed by atoms with van der Waals surface area (Å²) in [6, 6.07) is 8.14.